The maximum absolute atomic E-state index is 12.8. The van der Waals surface area contributed by atoms with Gasteiger partial charge in [0.25, 0.3) is 11.6 Å². The smallest absolute Gasteiger partial charge is 0.321 e. The average Bonchev–Trinajstić information content (AvgIpc) is 3.35. The average molecular weight is 415 g/mol. The van der Waals surface area contributed by atoms with Crippen molar-refractivity contribution in [3.8, 4) is 0 Å². The first-order valence-electron chi connectivity index (χ1n) is 9.59. The van der Waals surface area contributed by atoms with Gasteiger partial charge in [-0.1, -0.05) is 30.2 Å². The predicted octanol–water partition coefficient (Wildman–Crippen LogP) is 3.31. The first-order valence-corrected chi connectivity index (χ1v) is 10.4. The molecule has 0 atom stereocenters. The van der Waals surface area contributed by atoms with Gasteiger partial charge in [0, 0.05) is 41.6 Å². The van der Waals surface area contributed by atoms with Crippen LogP contribution in [0, 0.1) is 10.1 Å². The quantitative estimate of drug-likeness (QED) is 0.587. The summed E-state index contributed by atoms with van der Waals surface area (Å²) in [6, 6.07) is 5.74. The Hall–Kier alpha value is -3.01. The SMILES string of the molecule is O=C(Nc1nc2c(s1)CN(C(=O)c1cccc([N+](=O)[O-])c1)CC2)NC1CCCC1. The molecule has 0 unspecified atom stereocenters. The highest BCUT2D eigenvalue weighted by molar-refractivity contribution is 7.15. The fraction of sp³-hybridized carbons (Fsp3) is 0.421. The number of nitrogens with zero attached hydrogens (tertiary/aromatic N) is 3. The van der Waals surface area contributed by atoms with Crippen LogP contribution in [-0.4, -0.2) is 39.3 Å². The Morgan fingerprint density at radius 1 is 1.28 bits per heavy atom. The van der Waals surface area contributed by atoms with E-state index >= 15 is 0 Å². The number of nitro groups is 1. The Bertz CT molecular complexity index is 954. The van der Waals surface area contributed by atoms with E-state index in [9.17, 15) is 19.7 Å². The van der Waals surface area contributed by atoms with Gasteiger partial charge >= 0.3 is 6.03 Å². The molecular weight excluding hydrogens is 394 g/mol. The van der Waals surface area contributed by atoms with Crippen molar-refractivity contribution in [2.24, 2.45) is 0 Å². The van der Waals surface area contributed by atoms with Crippen LogP contribution in [0.5, 0.6) is 0 Å². The highest BCUT2D eigenvalue weighted by atomic mass is 32.1. The van der Waals surface area contributed by atoms with E-state index in [1.165, 1.54) is 29.5 Å². The minimum atomic E-state index is -0.511. The lowest BCUT2D eigenvalue weighted by molar-refractivity contribution is -0.384. The number of aromatic nitrogens is 1. The summed E-state index contributed by atoms with van der Waals surface area (Å²) < 4.78 is 0. The number of non-ortho nitro benzene ring substituents is 1. The summed E-state index contributed by atoms with van der Waals surface area (Å²) in [5.41, 5.74) is 1.07. The number of fused-ring (bicyclic) bond motifs is 1. The second-order valence-corrected chi connectivity index (χ2v) is 8.34. The lowest BCUT2D eigenvalue weighted by Gasteiger charge is -2.26. The molecule has 1 fully saturated rings. The molecule has 1 aliphatic heterocycles. The third kappa shape index (κ3) is 4.37. The molecule has 2 heterocycles. The number of urea groups is 1. The summed E-state index contributed by atoms with van der Waals surface area (Å²) >= 11 is 1.36. The number of rotatable bonds is 4. The molecule has 0 bridgehead atoms. The minimum Gasteiger partial charge on any atom is -0.335 e. The standard InChI is InChI=1S/C19H21N5O4S/c25-17(12-4-3-7-14(10-12)24(27)28)23-9-8-15-16(11-23)29-19(21-15)22-18(26)20-13-5-1-2-6-13/h3-4,7,10,13H,1-2,5-6,8-9,11H2,(H2,20,21,22,26). The molecule has 0 spiro atoms. The number of thiazole rings is 1. The Labute approximate surface area is 171 Å². The Morgan fingerprint density at radius 3 is 2.83 bits per heavy atom. The van der Waals surface area contributed by atoms with Crippen molar-refractivity contribution in [3.05, 3.63) is 50.5 Å². The maximum atomic E-state index is 12.8. The molecule has 1 saturated carbocycles. The lowest BCUT2D eigenvalue weighted by Crippen LogP contribution is -2.36. The first-order chi connectivity index (χ1) is 14.0. The van der Waals surface area contributed by atoms with Gasteiger partial charge in [-0.25, -0.2) is 9.78 Å². The molecule has 1 aliphatic carbocycles. The molecule has 4 rings (SSSR count). The number of carbonyl (C=O) groups excluding carboxylic acids is 2. The second-order valence-electron chi connectivity index (χ2n) is 7.25. The van der Waals surface area contributed by atoms with Gasteiger partial charge < -0.3 is 10.2 Å². The van der Waals surface area contributed by atoms with E-state index < -0.39 is 4.92 Å². The van der Waals surface area contributed by atoms with Crippen LogP contribution in [0.3, 0.4) is 0 Å². The number of nitro benzene ring substituents is 1. The number of hydrogen-bond donors (Lipinski definition) is 2. The van der Waals surface area contributed by atoms with Crippen molar-refractivity contribution in [1.82, 2.24) is 15.2 Å². The number of benzene rings is 1. The Kier molecular flexibility index (Phi) is 5.43. The highest BCUT2D eigenvalue weighted by Gasteiger charge is 2.26. The summed E-state index contributed by atoms with van der Waals surface area (Å²) in [7, 11) is 0. The van der Waals surface area contributed by atoms with Crippen molar-refractivity contribution in [2.45, 2.75) is 44.7 Å². The largest absolute Gasteiger partial charge is 0.335 e. The summed E-state index contributed by atoms with van der Waals surface area (Å²) in [6.45, 7) is 0.854. The summed E-state index contributed by atoms with van der Waals surface area (Å²) in [5, 5.41) is 17.2. The maximum Gasteiger partial charge on any atom is 0.321 e. The number of carbonyl (C=O) groups is 2. The van der Waals surface area contributed by atoms with Crippen LogP contribution in [0.1, 0.15) is 46.6 Å². The van der Waals surface area contributed by atoms with Crippen molar-refractivity contribution in [1.29, 1.82) is 0 Å². The van der Waals surface area contributed by atoms with Crippen LogP contribution in [0.15, 0.2) is 24.3 Å². The molecule has 2 aliphatic rings. The molecule has 9 nitrogen and oxygen atoms in total. The van der Waals surface area contributed by atoms with Gasteiger partial charge in [0.05, 0.1) is 17.2 Å². The van der Waals surface area contributed by atoms with E-state index in [2.05, 4.69) is 15.6 Å². The third-order valence-electron chi connectivity index (χ3n) is 5.23. The lowest BCUT2D eigenvalue weighted by atomic mass is 10.1. The number of amides is 3. The van der Waals surface area contributed by atoms with Crippen molar-refractivity contribution < 1.29 is 14.5 Å². The fourth-order valence-corrected chi connectivity index (χ4v) is 4.76. The summed E-state index contributed by atoms with van der Waals surface area (Å²) in [4.78, 5) is 42.4. The van der Waals surface area contributed by atoms with E-state index in [0.29, 0.717) is 30.2 Å². The molecule has 2 aromatic rings. The van der Waals surface area contributed by atoms with Crippen LogP contribution in [0.4, 0.5) is 15.6 Å². The van der Waals surface area contributed by atoms with Crippen molar-refractivity contribution in [3.63, 3.8) is 0 Å². The normalized spacial score (nSPS) is 16.3. The van der Waals surface area contributed by atoms with E-state index in [0.717, 1.165) is 36.3 Å². The van der Waals surface area contributed by atoms with E-state index in [1.807, 2.05) is 0 Å². The minimum absolute atomic E-state index is 0.105. The predicted molar refractivity (Wildman–Crippen MR) is 108 cm³/mol. The second kappa shape index (κ2) is 8.16. The molecule has 3 amide bonds. The number of nitrogens with one attached hydrogen (secondary N) is 2. The fourth-order valence-electron chi connectivity index (χ4n) is 3.75. The van der Waals surface area contributed by atoms with Crippen LogP contribution in [0.25, 0.3) is 0 Å². The van der Waals surface area contributed by atoms with Crippen molar-refractivity contribution >= 4 is 34.1 Å². The molecule has 10 heteroatoms. The molecule has 29 heavy (non-hydrogen) atoms. The first kappa shape index (κ1) is 19.3. The van der Waals surface area contributed by atoms with Gasteiger partial charge in [-0.15, -0.1) is 0 Å². The Balaban J connectivity index is 1.41. The molecular formula is C19H21N5O4S. The molecule has 0 radical (unpaired) electrons. The molecule has 152 valence electrons. The van der Waals surface area contributed by atoms with Crippen molar-refractivity contribution in [2.75, 3.05) is 11.9 Å². The van der Waals surface area contributed by atoms with E-state index in [-0.39, 0.29) is 23.7 Å². The molecule has 1 aromatic carbocycles. The van der Waals surface area contributed by atoms with E-state index in [4.69, 9.17) is 0 Å². The number of hydrogen-bond acceptors (Lipinski definition) is 6. The van der Waals surface area contributed by atoms with Crippen LogP contribution < -0.4 is 10.6 Å². The third-order valence-corrected chi connectivity index (χ3v) is 6.23. The monoisotopic (exact) mass is 415 g/mol. The van der Waals surface area contributed by atoms with Gasteiger partial charge in [-0.2, -0.15) is 0 Å². The van der Waals surface area contributed by atoms with Gasteiger partial charge in [0.15, 0.2) is 5.13 Å². The Morgan fingerprint density at radius 2 is 2.07 bits per heavy atom. The van der Waals surface area contributed by atoms with E-state index in [1.54, 1.807) is 11.0 Å². The topological polar surface area (TPSA) is 117 Å². The van der Waals surface area contributed by atoms with Crippen LogP contribution in [-0.2, 0) is 13.0 Å². The molecule has 1 aromatic heterocycles. The summed E-state index contributed by atoms with van der Waals surface area (Å²) in [5.74, 6) is -0.249. The summed E-state index contributed by atoms with van der Waals surface area (Å²) in [6.07, 6.45) is 4.89. The van der Waals surface area contributed by atoms with Gasteiger partial charge in [0.1, 0.15) is 0 Å². The zero-order valence-corrected chi connectivity index (χ0v) is 16.5. The van der Waals surface area contributed by atoms with Crippen LogP contribution >= 0.6 is 11.3 Å². The van der Waals surface area contributed by atoms with Gasteiger partial charge in [-0.3, -0.25) is 20.2 Å². The number of anilines is 1. The zero-order chi connectivity index (χ0) is 20.4. The van der Waals surface area contributed by atoms with Gasteiger partial charge in [0.2, 0.25) is 0 Å². The van der Waals surface area contributed by atoms with Crippen LogP contribution in [0.2, 0.25) is 0 Å². The zero-order valence-electron chi connectivity index (χ0n) is 15.7. The molecule has 0 saturated heterocycles. The molecule has 2 N–H and O–H groups in total. The van der Waals surface area contributed by atoms with Gasteiger partial charge in [-0.05, 0) is 18.9 Å². The highest BCUT2D eigenvalue weighted by Crippen LogP contribution is 2.29.